The van der Waals surface area contributed by atoms with Crippen LogP contribution in [0.1, 0.15) is 24.5 Å². The molecule has 0 spiro atoms. The number of hydrogen-bond donors (Lipinski definition) is 1. The minimum Gasteiger partial charge on any atom is -0.396 e. The Labute approximate surface area is 82.4 Å². The van der Waals surface area contributed by atoms with Gasteiger partial charge in [0.15, 0.2) is 0 Å². The van der Waals surface area contributed by atoms with Crippen LogP contribution in [0.5, 0.6) is 0 Å². The average Bonchev–Trinajstić information content (AvgIpc) is 2.18. The largest absolute Gasteiger partial charge is 0.396 e. The summed E-state index contributed by atoms with van der Waals surface area (Å²) in [5.74, 6) is 0.174. The van der Waals surface area contributed by atoms with Crippen molar-refractivity contribution in [2.24, 2.45) is 5.92 Å². The van der Waals surface area contributed by atoms with E-state index in [1.807, 2.05) is 6.92 Å². The first-order chi connectivity index (χ1) is 6.63. The molecule has 0 aliphatic heterocycles. The fourth-order valence-electron chi connectivity index (χ4n) is 1.27. The molecule has 0 unspecified atom stereocenters. The maximum Gasteiger partial charge on any atom is 0.263 e. The van der Waals surface area contributed by atoms with Gasteiger partial charge in [0.05, 0.1) is 0 Å². The van der Waals surface area contributed by atoms with Crippen LogP contribution in [0.4, 0.5) is 8.78 Å². The number of hydrogen-bond acceptors (Lipinski definition) is 1. The van der Waals surface area contributed by atoms with E-state index in [1.54, 1.807) is 12.1 Å². The van der Waals surface area contributed by atoms with E-state index >= 15 is 0 Å². The van der Waals surface area contributed by atoms with Gasteiger partial charge in [-0.05, 0) is 17.9 Å². The van der Waals surface area contributed by atoms with Crippen molar-refractivity contribution in [2.45, 2.75) is 19.8 Å². The molecule has 0 aliphatic carbocycles. The molecule has 0 heterocycles. The van der Waals surface area contributed by atoms with Crippen LogP contribution in [0.25, 0.3) is 0 Å². The van der Waals surface area contributed by atoms with Gasteiger partial charge < -0.3 is 5.11 Å². The van der Waals surface area contributed by atoms with Crippen molar-refractivity contribution in [3.05, 3.63) is 35.4 Å². The molecule has 1 N–H and O–H groups in total. The summed E-state index contributed by atoms with van der Waals surface area (Å²) in [6, 6.07) is 6.25. The second kappa shape index (κ2) is 5.05. The lowest BCUT2D eigenvalue weighted by Crippen LogP contribution is -2.04. The summed E-state index contributed by atoms with van der Waals surface area (Å²) in [6.45, 7) is 2.04. The van der Waals surface area contributed by atoms with Gasteiger partial charge in [-0.1, -0.05) is 31.2 Å². The van der Waals surface area contributed by atoms with Gasteiger partial charge in [-0.3, -0.25) is 0 Å². The molecule has 1 rings (SSSR count). The Morgan fingerprint density at radius 2 is 1.79 bits per heavy atom. The molecule has 0 saturated heterocycles. The molecule has 0 amide bonds. The highest BCUT2D eigenvalue weighted by atomic mass is 19.3. The van der Waals surface area contributed by atoms with E-state index in [2.05, 4.69) is 0 Å². The fourth-order valence-corrected chi connectivity index (χ4v) is 1.27. The molecule has 0 fully saturated rings. The highest BCUT2D eigenvalue weighted by Gasteiger charge is 2.07. The summed E-state index contributed by atoms with van der Waals surface area (Å²) in [4.78, 5) is 0. The molecule has 1 atom stereocenters. The molecule has 78 valence electrons. The lowest BCUT2D eigenvalue weighted by molar-refractivity contribution is 0.151. The molecule has 0 aliphatic rings. The zero-order valence-electron chi connectivity index (χ0n) is 8.08. The molecular weight excluding hydrogens is 186 g/mol. The normalized spacial score (nSPS) is 13.2. The predicted molar refractivity (Wildman–Crippen MR) is 51.4 cm³/mol. The Morgan fingerprint density at radius 3 is 2.21 bits per heavy atom. The summed E-state index contributed by atoms with van der Waals surface area (Å²) in [7, 11) is 0. The summed E-state index contributed by atoms with van der Waals surface area (Å²) in [6.07, 6.45) is -1.68. The van der Waals surface area contributed by atoms with Crippen LogP contribution < -0.4 is 0 Å². The first-order valence-electron chi connectivity index (χ1n) is 4.61. The maximum absolute atomic E-state index is 12.2. The second-order valence-corrected chi connectivity index (χ2v) is 3.53. The topological polar surface area (TPSA) is 20.2 Å². The smallest absolute Gasteiger partial charge is 0.263 e. The summed E-state index contributed by atoms with van der Waals surface area (Å²) in [5.41, 5.74) is 1.03. The van der Waals surface area contributed by atoms with E-state index in [4.69, 9.17) is 5.11 Å². The van der Waals surface area contributed by atoms with E-state index in [9.17, 15) is 8.78 Å². The molecule has 0 saturated carbocycles. The molecular formula is C11H14F2O. The van der Waals surface area contributed by atoms with E-state index in [0.717, 1.165) is 12.0 Å². The van der Waals surface area contributed by atoms with Gasteiger partial charge in [0.2, 0.25) is 0 Å². The third-order valence-electron chi connectivity index (χ3n) is 2.13. The fraction of sp³-hybridized carbons (Fsp3) is 0.455. The van der Waals surface area contributed by atoms with E-state index in [1.165, 1.54) is 12.1 Å². The van der Waals surface area contributed by atoms with Crippen molar-refractivity contribution in [2.75, 3.05) is 6.61 Å². The van der Waals surface area contributed by atoms with Crippen molar-refractivity contribution in [1.29, 1.82) is 0 Å². The SMILES string of the molecule is C[C@H](CO)Cc1ccc(C(F)F)cc1. The lowest BCUT2D eigenvalue weighted by Gasteiger charge is -2.08. The van der Waals surface area contributed by atoms with Crippen molar-refractivity contribution in [3.63, 3.8) is 0 Å². The summed E-state index contributed by atoms with van der Waals surface area (Å²) < 4.78 is 24.4. The van der Waals surface area contributed by atoms with Crippen molar-refractivity contribution in [3.8, 4) is 0 Å². The number of aliphatic hydroxyl groups excluding tert-OH is 1. The molecule has 0 radical (unpaired) electrons. The number of alkyl halides is 2. The number of rotatable bonds is 4. The number of benzene rings is 1. The Bertz CT molecular complexity index is 269. The summed E-state index contributed by atoms with van der Waals surface area (Å²) in [5, 5.41) is 8.82. The highest BCUT2D eigenvalue weighted by molar-refractivity contribution is 5.23. The van der Waals surface area contributed by atoms with Crippen molar-refractivity contribution in [1.82, 2.24) is 0 Å². The Balaban J connectivity index is 2.64. The van der Waals surface area contributed by atoms with Gasteiger partial charge >= 0.3 is 0 Å². The Hall–Kier alpha value is -0.960. The Kier molecular flexibility index (Phi) is 4.01. The lowest BCUT2D eigenvalue weighted by atomic mass is 10.0. The summed E-state index contributed by atoms with van der Waals surface area (Å²) >= 11 is 0. The highest BCUT2D eigenvalue weighted by Crippen LogP contribution is 2.19. The van der Waals surface area contributed by atoms with E-state index in [0.29, 0.717) is 0 Å². The van der Waals surface area contributed by atoms with Gasteiger partial charge in [-0.2, -0.15) is 0 Å². The molecule has 14 heavy (non-hydrogen) atoms. The molecule has 1 aromatic rings. The van der Waals surface area contributed by atoms with Crippen LogP contribution in [0.3, 0.4) is 0 Å². The second-order valence-electron chi connectivity index (χ2n) is 3.53. The maximum atomic E-state index is 12.2. The molecule has 1 aromatic carbocycles. The minimum absolute atomic E-state index is 0.0467. The average molecular weight is 200 g/mol. The first-order valence-corrected chi connectivity index (χ1v) is 4.61. The van der Waals surface area contributed by atoms with Gasteiger partial charge in [0.1, 0.15) is 0 Å². The van der Waals surface area contributed by atoms with Crippen molar-refractivity contribution < 1.29 is 13.9 Å². The number of aliphatic hydroxyl groups is 1. The molecule has 0 aromatic heterocycles. The van der Waals surface area contributed by atoms with Crippen LogP contribution >= 0.6 is 0 Å². The third kappa shape index (κ3) is 3.07. The monoisotopic (exact) mass is 200 g/mol. The van der Waals surface area contributed by atoms with Crippen LogP contribution in [0, 0.1) is 5.92 Å². The van der Waals surface area contributed by atoms with E-state index < -0.39 is 6.43 Å². The molecule has 3 heteroatoms. The first kappa shape index (κ1) is 11.1. The van der Waals surface area contributed by atoms with Crippen LogP contribution in [-0.2, 0) is 6.42 Å². The van der Waals surface area contributed by atoms with Crippen molar-refractivity contribution >= 4 is 0 Å². The van der Waals surface area contributed by atoms with Gasteiger partial charge in [-0.15, -0.1) is 0 Å². The van der Waals surface area contributed by atoms with Crippen LogP contribution in [-0.4, -0.2) is 11.7 Å². The van der Waals surface area contributed by atoms with Gasteiger partial charge in [-0.25, -0.2) is 8.78 Å². The third-order valence-corrected chi connectivity index (χ3v) is 2.13. The number of halogens is 2. The zero-order valence-corrected chi connectivity index (χ0v) is 8.08. The van der Waals surface area contributed by atoms with E-state index in [-0.39, 0.29) is 18.1 Å². The standard InChI is InChI=1S/C11H14F2O/c1-8(7-14)6-9-2-4-10(5-3-9)11(12)13/h2-5,8,11,14H,6-7H2,1H3/t8-/m0/s1. The zero-order chi connectivity index (χ0) is 10.6. The minimum atomic E-state index is -2.40. The predicted octanol–water partition coefficient (Wildman–Crippen LogP) is 2.80. The molecule has 1 nitrogen and oxygen atoms in total. The van der Waals surface area contributed by atoms with Gasteiger partial charge in [0.25, 0.3) is 6.43 Å². The quantitative estimate of drug-likeness (QED) is 0.792. The van der Waals surface area contributed by atoms with Crippen LogP contribution in [0.2, 0.25) is 0 Å². The van der Waals surface area contributed by atoms with Gasteiger partial charge in [0, 0.05) is 12.2 Å². The van der Waals surface area contributed by atoms with Crippen LogP contribution in [0.15, 0.2) is 24.3 Å². The molecule has 0 bridgehead atoms. The Morgan fingerprint density at radius 1 is 1.21 bits per heavy atom.